The van der Waals surface area contributed by atoms with Crippen LogP contribution in [0.25, 0.3) is 0 Å². The molecule has 1 aromatic carbocycles. The Bertz CT molecular complexity index is 547. The lowest BCUT2D eigenvalue weighted by Gasteiger charge is -2.28. The molecule has 1 heterocycles. The average molecular weight is 364 g/mol. The van der Waals surface area contributed by atoms with Crippen molar-refractivity contribution in [2.45, 2.75) is 33.2 Å². The highest BCUT2D eigenvalue weighted by molar-refractivity contribution is 5.82. The molecule has 0 radical (unpaired) electrons. The van der Waals surface area contributed by atoms with Crippen molar-refractivity contribution in [3.63, 3.8) is 0 Å². The molecule has 2 rings (SSSR count). The maximum absolute atomic E-state index is 12.5. The van der Waals surface area contributed by atoms with Crippen LogP contribution in [0.4, 0.5) is 0 Å². The number of carbonyl (C=O) groups is 1. The monoisotopic (exact) mass is 363 g/mol. The van der Waals surface area contributed by atoms with Crippen LogP contribution in [-0.2, 0) is 16.1 Å². The maximum atomic E-state index is 12.5. The van der Waals surface area contributed by atoms with Crippen LogP contribution in [0.1, 0.15) is 32.3 Å². The normalized spacial score (nSPS) is 15.7. The molecule has 1 aliphatic heterocycles. The molecule has 26 heavy (non-hydrogen) atoms. The summed E-state index contributed by atoms with van der Waals surface area (Å²) in [4.78, 5) is 14.9. The lowest BCUT2D eigenvalue weighted by atomic mass is 9.81. The first-order valence-electron chi connectivity index (χ1n) is 9.63. The van der Waals surface area contributed by atoms with Crippen molar-refractivity contribution in [3.8, 4) is 5.75 Å². The van der Waals surface area contributed by atoms with E-state index in [1.807, 2.05) is 38.1 Å². The minimum Gasteiger partial charge on any atom is -0.492 e. The number of nitrogens with two attached hydrogens (primary N) is 1. The van der Waals surface area contributed by atoms with E-state index in [0.717, 1.165) is 57.0 Å². The summed E-state index contributed by atoms with van der Waals surface area (Å²) >= 11 is 0. The second kappa shape index (κ2) is 10.5. The first kappa shape index (κ1) is 20.7. The quantitative estimate of drug-likeness (QED) is 0.663. The number of nitrogens with one attached hydrogen (secondary N) is 1. The van der Waals surface area contributed by atoms with E-state index in [1.54, 1.807) is 0 Å². The fourth-order valence-corrected chi connectivity index (χ4v) is 3.18. The van der Waals surface area contributed by atoms with Gasteiger partial charge in [0.25, 0.3) is 0 Å². The largest absolute Gasteiger partial charge is 0.492 e. The van der Waals surface area contributed by atoms with Gasteiger partial charge in [-0.25, -0.2) is 0 Å². The molecule has 0 atom stereocenters. The van der Waals surface area contributed by atoms with Gasteiger partial charge in [-0.15, -0.1) is 0 Å². The van der Waals surface area contributed by atoms with Gasteiger partial charge < -0.3 is 20.5 Å². The SMILES string of the molecule is CCC(CC)(CN)C(=O)NCc1cccc(OCCN2CCOCC2)c1. The fourth-order valence-electron chi connectivity index (χ4n) is 3.18. The van der Waals surface area contributed by atoms with Gasteiger partial charge in [-0.3, -0.25) is 9.69 Å². The van der Waals surface area contributed by atoms with Crippen molar-refractivity contribution in [2.75, 3.05) is 46.0 Å². The van der Waals surface area contributed by atoms with Crippen molar-refractivity contribution in [1.29, 1.82) is 0 Å². The highest BCUT2D eigenvalue weighted by Crippen LogP contribution is 2.25. The lowest BCUT2D eigenvalue weighted by Crippen LogP contribution is -2.45. The Morgan fingerprint density at radius 1 is 1.31 bits per heavy atom. The molecule has 0 aliphatic carbocycles. The summed E-state index contributed by atoms with van der Waals surface area (Å²) in [6, 6.07) is 7.90. The van der Waals surface area contributed by atoms with Crippen LogP contribution in [-0.4, -0.2) is 56.8 Å². The molecule has 1 aromatic rings. The number of rotatable bonds is 10. The van der Waals surface area contributed by atoms with Gasteiger partial charge in [0.05, 0.1) is 18.6 Å². The van der Waals surface area contributed by atoms with Gasteiger partial charge in [0.2, 0.25) is 5.91 Å². The van der Waals surface area contributed by atoms with Gasteiger partial charge in [0.15, 0.2) is 0 Å². The Hall–Kier alpha value is -1.63. The zero-order valence-corrected chi connectivity index (χ0v) is 16.1. The van der Waals surface area contributed by atoms with E-state index in [9.17, 15) is 4.79 Å². The van der Waals surface area contributed by atoms with E-state index in [-0.39, 0.29) is 5.91 Å². The number of morpholine rings is 1. The smallest absolute Gasteiger partial charge is 0.227 e. The van der Waals surface area contributed by atoms with Crippen LogP contribution >= 0.6 is 0 Å². The van der Waals surface area contributed by atoms with E-state index < -0.39 is 5.41 Å². The van der Waals surface area contributed by atoms with Gasteiger partial charge in [-0.1, -0.05) is 26.0 Å². The summed E-state index contributed by atoms with van der Waals surface area (Å²) in [7, 11) is 0. The summed E-state index contributed by atoms with van der Waals surface area (Å²) in [5, 5.41) is 3.03. The number of amides is 1. The highest BCUT2D eigenvalue weighted by atomic mass is 16.5. The standard InChI is InChI=1S/C20H33N3O3/c1-3-20(4-2,16-21)19(24)22-15-17-6-5-7-18(14-17)26-13-10-23-8-11-25-12-9-23/h5-7,14H,3-4,8-13,15-16,21H2,1-2H3,(H,22,24). The Morgan fingerprint density at radius 3 is 2.69 bits per heavy atom. The van der Waals surface area contributed by atoms with Crippen LogP contribution in [0.5, 0.6) is 5.75 Å². The Morgan fingerprint density at radius 2 is 2.04 bits per heavy atom. The van der Waals surface area contributed by atoms with Crippen LogP contribution in [0, 0.1) is 5.41 Å². The van der Waals surface area contributed by atoms with E-state index in [2.05, 4.69) is 10.2 Å². The van der Waals surface area contributed by atoms with Gasteiger partial charge >= 0.3 is 0 Å². The zero-order valence-electron chi connectivity index (χ0n) is 16.1. The molecule has 0 bridgehead atoms. The summed E-state index contributed by atoms with van der Waals surface area (Å²) in [6.07, 6.45) is 1.49. The third-order valence-electron chi connectivity index (χ3n) is 5.36. The molecule has 6 heteroatoms. The number of hydrogen-bond donors (Lipinski definition) is 2. The molecule has 0 unspecified atom stereocenters. The summed E-state index contributed by atoms with van der Waals surface area (Å²) < 4.78 is 11.2. The molecule has 146 valence electrons. The zero-order chi connectivity index (χ0) is 18.8. The Labute approximate surface area is 157 Å². The molecule has 0 aromatic heterocycles. The second-order valence-corrected chi connectivity index (χ2v) is 6.82. The third-order valence-corrected chi connectivity index (χ3v) is 5.36. The molecule has 0 saturated carbocycles. The fraction of sp³-hybridized carbons (Fsp3) is 0.650. The second-order valence-electron chi connectivity index (χ2n) is 6.82. The molecule has 0 spiro atoms. The maximum Gasteiger partial charge on any atom is 0.227 e. The van der Waals surface area contributed by atoms with Crippen molar-refractivity contribution in [2.24, 2.45) is 11.1 Å². The van der Waals surface area contributed by atoms with Crippen LogP contribution in [0.15, 0.2) is 24.3 Å². The predicted octanol–water partition coefficient (Wildman–Crippen LogP) is 1.78. The first-order valence-corrected chi connectivity index (χ1v) is 9.63. The number of carbonyl (C=O) groups excluding carboxylic acids is 1. The van der Waals surface area contributed by atoms with Crippen molar-refractivity contribution in [3.05, 3.63) is 29.8 Å². The van der Waals surface area contributed by atoms with E-state index in [1.165, 1.54) is 0 Å². The predicted molar refractivity (Wildman–Crippen MR) is 103 cm³/mol. The van der Waals surface area contributed by atoms with Crippen LogP contribution in [0.2, 0.25) is 0 Å². The summed E-state index contributed by atoms with van der Waals surface area (Å²) in [6.45, 7) is 9.97. The molecular weight excluding hydrogens is 330 g/mol. The van der Waals surface area contributed by atoms with Crippen LogP contribution in [0.3, 0.4) is 0 Å². The topological polar surface area (TPSA) is 76.8 Å². The van der Waals surface area contributed by atoms with Gasteiger partial charge in [0, 0.05) is 32.7 Å². The van der Waals surface area contributed by atoms with Gasteiger partial charge in [-0.2, -0.15) is 0 Å². The van der Waals surface area contributed by atoms with E-state index >= 15 is 0 Å². The number of benzene rings is 1. The first-order chi connectivity index (χ1) is 12.6. The average Bonchev–Trinajstić information content (AvgIpc) is 2.69. The summed E-state index contributed by atoms with van der Waals surface area (Å²) in [5.41, 5.74) is 6.41. The van der Waals surface area contributed by atoms with Crippen molar-refractivity contribution >= 4 is 5.91 Å². The molecule has 1 aliphatic rings. The highest BCUT2D eigenvalue weighted by Gasteiger charge is 2.32. The number of hydrogen-bond acceptors (Lipinski definition) is 5. The minimum atomic E-state index is -0.466. The van der Waals surface area contributed by atoms with Crippen molar-refractivity contribution in [1.82, 2.24) is 10.2 Å². The van der Waals surface area contributed by atoms with E-state index in [4.69, 9.17) is 15.2 Å². The van der Waals surface area contributed by atoms with Crippen LogP contribution < -0.4 is 15.8 Å². The molecule has 1 saturated heterocycles. The summed E-state index contributed by atoms with van der Waals surface area (Å²) in [5.74, 6) is 0.865. The van der Waals surface area contributed by atoms with E-state index in [0.29, 0.717) is 19.7 Å². The lowest BCUT2D eigenvalue weighted by molar-refractivity contribution is -0.131. The molecule has 1 amide bonds. The number of ether oxygens (including phenoxy) is 2. The van der Waals surface area contributed by atoms with Crippen molar-refractivity contribution < 1.29 is 14.3 Å². The minimum absolute atomic E-state index is 0.0311. The Balaban J connectivity index is 1.81. The molecule has 6 nitrogen and oxygen atoms in total. The van der Waals surface area contributed by atoms with Gasteiger partial charge in [0.1, 0.15) is 12.4 Å². The molecular formula is C20H33N3O3. The Kier molecular flexibility index (Phi) is 8.35. The number of nitrogens with zero attached hydrogens (tertiary/aromatic N) is 1. The van der Waals surface area contributed by atoms with Gasteiger partial charge in [-0.05, 0) is 30.5 Å². The molecule has 1 fully saturated rings. The molecule has 3 N–H and O–H groups in total. The third kappa shape index (κ3) is 5.69.